The van der Waals surface area contributed by atoms with Gasteiger partial charge in [0.25, 0.3) is 0 Å². The highest BCUT2D eigenvalue weighted by Crippen LogP contribution is 1.98. The van der Waals surface area contributed by atoms with Crippen molar-refractivity contribution in [2.24, 2.45) is 11.8 Å². The monoisotopic (exact) mass is 260 g/mol. The second-order valence-corrected chi connectivity index (χ2v) is 5.26. The minimum absolute atomic E-state index is 0.136. The summed E-state index contributed by atoms with van der Waals surface area (Å²) in [6.07, 6.45) is 1.14. The Hall–Kier alpha value is -0.610. The first-order valence-corrected chi connectivity index (χ1v) is 6.83. The Labute approximate surface area is 111 Å². The van der Waals surface area contributed by atoms with E-state index in [2.05, 4.69) is 13.8 Å². The van der Waals surface area contributed by atoms with Crippen molar-refractivity contribution in [3.63, 3.8) is 0 Å². The van der Waals surface area contributed by atoms with Crippen LogP contribution >= 0.6 is 0 Å². The van der Waals surface area contributed by atoms with Gasteiger partial charge in [0.05, 0.1) is 19.8 Å². The van der Waals surface area contributed by atoms with Crippen LogP contribution in [0.25, 0.3) is 0 Å². The zero-order chi connectivity index (χ0) is 13.8. The molecule has 0 heterocycles. The van der Waals surface area contributed by atoms with Crippen LogP contribution in [0.3, 0.4) is 0 Å². The Morgan fingerprint density at radius 3 is 2.11 bits per heavy atom. The molecule has 0 aromatic carbocycles. The van der Waals surface area contributed by atoms with E-state index in [1.807, 2.05) is 13.8 Å². The van der Waals surface area contributed by atoms with Crippen molar-refractivity contribution in [1.29, 1.82) is 0 Å². The fourth-order valence-electron chi connectivity index (χ4n) is 1.19. The topological polar surface area (TPSA) is 44.8 Å². The molecular weight excluding hydrogens is 232 g/mol. The maximum atomic E-state index is 11.3. The van der Waals surface area contributed by atoms with E-state index in [4.69, 9.17) is 14.2 Å². The molecule has 0 unspecified atom stereocenters. The number of carbonyl (C=O) groups excluding carboxylic acids is 1. The van der Waals surface area contributed by atoms with Crippen LogP contribution in [0.15, 0.2) is 0 Å². The number of esters is 1. The third-order valence-electron chi connectivity index (χ3n) is 2.07. The predicted molar refractivity (Wildman–Crippen MR) is 71.5 cm³/mol. The van der Waals surface area contributed by atoms with Crippen molar-refractivity contribution in [3.8, 4) is 0 Å². The molecule has 0 bridgehead atoms. The lowest BCUT2D eigenvalue weighted by Crippen LogP contribution is -2.12. The van der Waals surface area contributed by atoms with E-state index in [-0.39, 0.29) is 5.97 Å². The molecule has 0 saturated heterocycles. The van der Waals surface area contributed by atoms with Gasteiger partial charge in [-0.25, -0.2) is 0 Å². The van der Waals surface area contributed by atoms with E-state index in [0.29, 0.717) is 51.1 Å². The van der Waals surface area contributed by atoms with Crippen molar-refractivity contribution >= 4 is 5.97 Å². The summed E-state index contributed by atoms with van der Waals surface area (Å²) < 4.78 is 15.8. The molecule has 0 amide bonds. The van der Waals surface area contributed by atoms with Gasteiger partial charge in [0.2, 0.25) is 0 Å². The number of hydrogen-bond acceptors (Lipinski definition) is 4. The summed E-state index contributed by atoms with van der Waals surface area (Å²) in [5.41, 5.74) is 0. The molecule has 0 aliphatic heterocycles. The average molecular weight is 260 g/mol. The standard InChI is InChI=1S/C14H28O4/c1-12(2)10-17-9-8-16-7-5-6-14(15)18-11-13(3)4/h12-13H,5-11H2,1-4H3. The van der Waals surface area contributed by atoms with Gasteiger partial charge in [0, 0.05) is 19.6 Å². The molecule has 0 rings (SSSR count). The summed E-state index contributed by atoms with van der Waals surface area (Å²) >= 11 is 0. The summed E-state index contributed by atoms with van der Waals surface area (Å²) in [6.45, 7) is 11.3. The molecular formula is C14H28O4. The highest BCUT2D eigenvalue weighted by atomic mass is 16.5. The number of rotatable bonds is 11. The van der Waals surface area contributed by atoms with Crippen LogP contribution in [-0.4, -0.2) is 39.0 Å². The lowest BCUT2D eigenvalue weighted by Gasteiger charge is -2.08. The van der Waals surface area contributed by atoms with Crippen molar-refractivity contribution < 1.29 is 19.0 Å². The molecule has 0 aliphatic carbocycles. The average Bonchev–Trinajstić information content (AvgIpc) is 2.29. The van der Waals surface area contributed by atoms with Crippen LogP contribution in [0.4, 0.5) is 0 Å². The zero-order valence-electron chi connectivity index (χ0n) is 12.2. The number of hydrogen-bond donors (Lipinski definition) is 0. The molecule has 108 valence electrons. The molecule has 0 aromatic rings. The highest BCUT2D eigenvalue weighted by Gasteiger charge is 2.03. The summed E-state index contributed by atoms with van der Waals surface area (Å²) in [7, 11) is 0. The van der Waals surface area contributed by atoms with E-state index >= 15 is 0 Å². The normalized spacial score (nSPS) is 11.2. The zero-order valence-corrected chi connectivity index (χ0v) is 12.2. The second kappa shape index (κ2) is 11.5. The first-order valence-electron chi connectivity index (χ1n) is 6.83. The lowest BCUT2D eigenvalue weighted by atomic mass is 10.2. The van der Waals surface area contributed by atoms with Crippen molar-refractivity contribution in [2.75, 3.05) is 33.0 Å². The minimum atomic E-state index is -0.136. The van der Waals surface area contributed by atoms with Gasteiger partial charge in [0.15, 0.2) is 0 Å². The van der Waals surface area contributed by atoms with Gasteiger partial charge >= 0.3 is 5.97 Å². The molecule has 18 heavy (non-hydrogen) atoms. The van der Waals surface area contributed by atoms with E-state index in [0.717, 1.165) is 6.61 Å². The Morgan fingerprint density at radius 2 is 1.50 bits per heavy atom. The Morgan fingerprint density at radius 1 is 0.889 bits per heavy atom. The third-order valence-corrected chi connectivity index (χ3v) is 2.07. The molecule has 0 N–H and O–H groups in total. The fraction of sp³-hybridized carbons (Fsp3) is 0.929. The molecule has 4 heteroatoms. The molecule has 0 aliphatic rings. The van der Waals surface area contributed by atoms with E-state index < -0.39 is 0 Å². The van der Waals surface area contributed by atoms with E-state index in [1.54, 1.807) is 0 Å². The Kier molecular flexibility index (Phi) is 11.1. The first-order chi connectivity index (χ1) is 8.52. The highest BCUT2D eigenvalue weighted by molar-refractivity contribution is 5.69. The van der Waals surface area contributed by atoms with Crippen molar-refractivity contribution in [1.82, 2.24) is 0 Å². The van der Waals surface area contributed by atoms with Crippen LogP contribution < -0.4 is 0 Å². The van der Waals surface area contributed by atoms with Crippen molar-refractivity contribution in [2.45, 2.75) is 40.5 Å². The van der Waals surface area contributed by atoms with Gasteiger partial charge in [-0.2, -0.15) is 0 Å². The van der Waals surface area contributed by atoms with Crippen LogP contribution in [0.1, 0.15) is 40.5 Å². The number of ether oxygens (including phenoxy) is 3. The minimum Gasteiger partial charge on any atom is -0.465 e. The molecule has 0 spiro atoms. The SMILES string of the molecule is CC(C)COCCOCCCC(=O)OCC(C)C. The van der Waals surface area contributed by atoms with Crippen LogP contribution in [0.5, 0.6) is 0 Å². The van der Waals surface area contributed by atoms with E-state index in [9.17, 15) is 4.79 Å². The largest absolute Gasteiger partial charge is 0.465 e. The molecule has 4 nitrogen and oxygen atoms in total. The maximum Gasteiger partial charge on any atom is 0.305 e. The first kappa shape index (κ1) is 17.4. The summed E-state index contributed by atoms with van der Waals surface area (Å²) in [5.74, 6) is 0.812. The molecule has 0 aromatic heterocycles. The molecule has 0 fully saturated rings. The third kappa shape index (κ3) is 13.5. The predicted octanol–water partition coefficient (Wildman–Crippen LogP) is 2.66. The van der Waals surface area contributed by atoms with Gasteiger partial charge in [-0.3, -0.25) is 4.79 Å². The van der Waals surface area contributed by atoms with Crippen LogP contribution in [0.2, 0.25) is 0 Å². The summed E-state index contributed by atoms with van der Waals surface area (Å²) in [4.78, 5) is 11.3. The maximum absolute atomic E-state index is 11.3. The molecule has 0 saturated carbocycles. The van der Waals surface area contributed by atoms with Gasteiger partial charge < -0.3 is 14.2 Å². The van der Waals surface area contributed by atoms with Crippen molar-refractivity contribution in [3.05, 3.63) is 0 Å². The molecule has 0 radical (unpaired) electrons. The van der Waals surface area contributed by atoms with Gasteiger partial charge in [-0.15, -0.1) is 0 Å². The quantitative estimate of drug-likeness (QED) is 0.423. The summed E-state index contributed by atoms with van der Waals surface area (Å²) in [5, 5.41) is 0. The Bertz CT molecular complexity index is 202. The lowest BCUT2D eigenvalue weighted by molar-refractivity contribution is -0.145. The van der Waals surface area contributed by atoms with Crippen LogP contribution in [-0.2, 0) is 19.0 Å². The number of carbonyl (C=O) groups is 1. The smallest absolute Gasteiger partial charge is 0.305 e. The van der Waals surface area contributed by atoms with Gasteiger partial charge in [-0.05, 0) is 18.3 Å². The van der Waals surface area contributed by atoms with E-state index in [1.165, 1.54) is 0 Å². The van der Waals surface area contributed by atoms with Gasteiger partial charge in [0.1, 0.15) is 0 Å². The molecule has 0 atom stereocenters. The van der Waals surface area contributed by atoms with Crippen LogP contribution in [0, 0.1) is 11.8 Å². The Balaban J connectivity index is 3.17. The summed E-state index contributed by atoms with van der Waals surface area (Å²) in [6, 6.07) is 0. The van der Waals surface area contributed by atoms with Gasteiger partial charge in [-0.1, -0.05) is 27.7 Å². The fourth-order valence-corrected chi connectivity index (χ4v) is 1.19. The second-order valence-electron chi connectivity index (χ2n) is 5.26.